The molecule has 0 bridgehead atoms. The van der Waals surface area contributed by atoms with Crippen LogP contribution in [-0.2, 0) is 4.74 Å². The molecular formula is C23H22ClN3O6. The van der Waals surface area contributed by atoms with E-state index in [0.717, 1.165) is 0 Å². The molecule has 0 spiro atoms. The summed E-state index contributed by atoms with van der Waals surface area (Å²) in [6.07, 6.45) is 1.17. The lowest BCUT2D eigenvalue weighted by Crippen LogP contribution is -2.40. The number of benzene rings is 2. The average molecular weight is 472 g/mol. The highest BCUT2D eigenvalue weighted by Gasteiger charge is 2.26. The Morgan fingerprint density at radius 3 is 2.55 bits per heavy atom. The third-order valence-electron chi connectivity index (χ3n) is 5.21. The quantitative estimate of drug-likeness (QED) is 0.584. The van der Waals surface area contributed by atoms with E-state index in [-0.39, 0.29) is 17.4 Å². The molecule has 9 nitrogen and oxygen atoms in total. The van der Waals surface area contributed by atoms with Crippen LogP contribution in [-0.4, -0.2) is 62.2 Å². The summed E-state index contributed by atoms with van der Waals surface area (Å²) in [4.78, 5) is 32.0. The van der Waals surface area contributed by atoms with Crippen molar-refractivity contribution in [1.29, 1.82) is 0 Å². The van der Waals surface area contributed by atoms with Crippen LogP contribution < -0.4 is 14.8 Å². The number of carbonyl (C=O) groups excluding carboxylic acids is 2. The highest BCUT2D eigenvalue weighted by Crippen LogP contribution is 2.36. The summed E-state index contributed by atoms with van der Waals surface area (Å²) in [6, 6.07) is 10.0. The van der Waals surface area contributed by atoms with E-state index in [4.69, 9.17) is 30.2 Å². The van der Waals surface area contributed by atoms with Crippen molar-refractivity contribution in [2.45, 2.75) is 0 Å². The summed E-state index contributed by atoms with van der Waals surface area (Å²) in [6.45, 7) is 1.95. The lowest BCUT2D eigenvalue weighted by molar-refractivity contribution is 0.0303. The third kappa shape index (κ3) is 4.64. The molecule has 1 aromatic heterocycles. The molecule has 10 heteroatoms. The van der Waals surface area contributed by atoms with Gasteiger partial charge in [-0.2, -0.15) is 0 Å². The molecule has 0 atom stereocenters. The predicted octanol–water partition coefficient (Wildman–Crippen LogP) is 3.74. The van der Waals surface area contributed by atoms with Crippen LogP contribution in [0.4, 0.5) is 5.69 Å². The van der Waals surface area contributed by atoms with Crippen molar-refractivity contribution in [3.05, 3.63) is 59.1 Å². The molecule has 0 unspecified atom stereocenters. The molecule has 1 fully saturated rings. The fourth-order valence-electron chi connectivity index (χ4n) is 3.54. The number of morpholine rings is 1. The van der Waals surface area contributed by atoms with E-state index >= 15 is 0 Å². The minimum absolute atomic E-state index is 0.0196. The van der Waals surface area contributed by atoms with Crippen LogP contribution in [0.15, 0.2) is 47.2 Å². The largest absolute Gasteiger partial charge is 0.495 e. The fraction of sp³-hybridized carbons (Fsp3) is 0.261. The Hall–Kier alpha value is -3.56. The van der Waals surface area contributed by atoms with Crippen molar-refractivity contribution in [3.63, 3.8) is 0 Å². The first-order chi connectivity index (χ1) is 16.0. The van der Waals surface area contributed by atoms with Gasteiger partial charge in [0, 0.05) is 24.7 Å². The van der Waals surface area contributed by atoms with Crippen LogP contribution in [0.3, 0.4) is 0 Å². The first-order valence-electron chi connectivity index (χ1n) is 10.2. The van der Waals surface area contributed by atoms with Gasteiger partial charge >= 0.3 is 0 Å². The van der Waals surface area contributed by atoms with Crippen molar-refractivity contribution in [3.8, 4) is 22.8 Å². The standard InChI is InChI=1S/C23H22ClN3O6/c1-30-18-12-19(31-2)17(11-16(18)24)26-22(28)20-21(33-13-25-20)14-5-3-4-6-15(14)23(29)27-7-9-32-10-8-27/h3-6,11-13H,7-10H2,1-2H3,(H,26,28). The van der Waals surface area contributed by atoms with Gasteiger partial charge in [-0.1, -0.05) is 29.8 Å². The molecule has 0 saturated carbocycles. The van der Waals surface area contributed by atoms with Gasteiger partial charge in [0.2, 0.25) is 0 Å². The number of rotatable bonds is 6. The molecule has 4 rings (SSSR count). The molecule has 172 valence electrons. The Labute approximate surface area is 195 Å². The molecule has 0 radical (unpaired) electrons. The van der Waals surface area contributed by atoms with E-state index in [1.54, 1.807) is 35.2 Å². The number of carbonyl (C=O) groups is 2. The monoisotopic (exact) mass is 471 g/mol. The predicted molar refractivity (Wildman–Crippen MR) is 121 cm³/mol. The number of oxazole rings is 1. The number of halogens is 1. The first kappa shape index (κ1) is 22.6. The molecule has 1 saturated heterocycles. The summed E-state index contributed by atoms with van der Waals surface area (Å²) in [7, 11) is 2.95. The maximum Gasteiger partial charge on any atom is 0.278 e. The number of nitrogens with zero attached hydrogens (tertiary/aromatic N) is 2. The molecule has 0 aliphatic carbocycles. The Morgan fingerprint density at radius 2 is 1.82 bits per heavy atom. The van der Waals surface area contributed by atoms with Gasteiger partial charge in [-0.15, -0.1) is 0 Å². The van der Waals surface area contributed by atoms with E-state index in [9.17, 15) is 9.59 Å². The average Bonchev–Trinajstić information content (AvgIpc) is 3.34. The molecule has 1 aliphatic rings. The summed E-state index contributed by atoms with van der Waals surface area (Å²) in [5, 5.41) is 3.04. The van der Waals surface area contributed by atoms with Gasteiger partial charge < -0.3 is 28.8 Å². The molecule has 3 aromatic rings. The highest BCUT2D eigenvalue weighted by molar-refractivity contribution is 6.32. The Balaban J connectivity index is 1.65. The van der Waals surface area contributed by atoms with Gasteiger partial charge in [-0.05, 0) is 12.1 Å². The van der Waals surface area contributed by atoms with Gasteiger partial charge in [-0.3, -0.25) is 9.59 Å². The fourth-order valence-corrected chi connectivity index (χ4v) is 3.78. The summed E-state index contributed by atoms with van der Waals surface area (Å²) in [5.41, 5.74) is 1.23. The van der Waals surface area contributed by atoms with Gasteiger partial charge in [0.1, 0.15) is 11.5 Å². The minimum Gasteiger partial charge on any atom is -0.495 e. The highest BCUT2D eigenvalue weighted by atomic mass is 35.5. The van der Waals surface area contributed by atoms with E-state index in [1.165, 1.54) is 26.7 Å². The zero-order valence-corrected chi connectivity index (χ0v) is 18.8. The number of nitrogens with one attached hydrogen (secondary N) is 1. The number of aromatic nitrogens is 1. The molecule has 2 aromatic carbocycles. The Kier molecular flexibility index (Phi) is 6.81. The van der Waals surface area contributed by atoms with Gasteiger partial charge in [0.15, 0.2) is 17.8 Å². The molecule has 1 N–H and O–H groups in total. The van der Waals surface area contributed by atoms with Crippen LogP contribution in [0.2, 0.25) is 5.02 Å². The maximum atomic E-state index is 13.1. The van der Waals surface area contributed by atoms with E-state index < -0.39 is 5.91 Å². The lowest BCUT2D eigenvalue weighted by Gasteiger charge is -2.27. The SMILES string of the molecule is COc1cc(OC)c(NC(=O)c2ncoc2-c2ccccc2C(=O)N2CCOCC2)cc1Cl. The number of anilines is 1. The second kappa shape index (κ2) is 9.93. The number of amides is 2. The summed E-state index contributed by atoms with van der Waals surface area (Å²) < 4.78 is 21.4. The second-order valence-corrected chi connectivity index (χ2v) is 7.53. The van der Waals surface area contributed by atoms with Crippen molar-refractivity contribution in [2.75, 3.05) is 45.8 Å². The van der Waals surface area contributed by atoms with Crippen molar-refractivity contribution >= 4 is 29.1 Å². The zero-order valence-electron chi connectivity index (χ0n) is 18.1. The van der Waals surface area contributed by atoms with Gasteiger partial charge in [0.05, 0.1) is 43.7 Å². The van der Waals surface area contributed by atoms with Crippen molar-refractivity contribution in [1.82, 2.24) is 9.88 Å². The van der Waals surface area contributed by atoms with Gasteiger partial charge in [-0.25, -0.2) is 4.98 Å². The zero-order chi connectivity index (χ0) is 23.4. The third-order valence-corrected chi connectivity index (χ3v) is 5.50. The summed E-state index contributed by atoms with van der Waals surface area (Å²) >= 11 is 6.21. The Morgan fingerprint density at radius 1 is 1.09 bits per heavy atom. The summed E-state index contributed by atoms with van der Waals surface area (Å²) in [5.74, 6) is 0.234. The van der Waals surface area contributed by atoms with Crippen LogP contribution in [0, 0.1) is 0 Å². The molecule has 2 amide bonds. The van der Waals surface area contributed by atoms with E-state index in [1.807, 2.05) is 0 Å². The molecule has 33 heavy (non-hydrogen) atoms. The molecule has 2 heterocycles. The van der Waals surface area contributed by atoms with E-state index in [2.05, 4.69) is 10.3 Å². The molecule has 1 aliphatic heterocycles. The number of hydrogen-bond acceptors (Lipinski definition) is 7. The lowest BCUT2D eigenvalue weighted by atomic mass is 10.0. The smallest absolute Gasteiger partial charge is 0.278 e. The van der Waals surface area contributed by atoms with Crippen LogP contribution in [0.5, 0.6) is 11.5 Å². The first-order valence-corrected chi connectivity index (χ1v) is 10.5. The molecular weight excluding hydrogens is 450 g/mol. The maximum absolute atomic E-state index is 13.1. The normalized spacial score (nSPS) is 13.5. The van der Waals surface area contributed by atoms with Crippen molar-refractivity contribution < 1.29 is 28.2 Å². The van der Waals surface area contributed by atoms with Crippen LogP contribution >= 0.6 is 11.6 Å². The number of ether oxygens (including phenoxy) is 3. The minimum atomic E-state index is -0.549. The van der Waals surface area contributed by atoms with Crippen LogP contribution in [0.25, 0.3) is 11.3 Å². The Bertz CT molecular complexity index is 1170. The van der Waals surface area contributed by atoms with Crippen LogP contribution in [0.1, 0.15) is 20.8 Å². The second-order valence-electron chi connectivity index (χ2n) is 7.12. The van der Waals surface area contributed by atoms with E-state index in [0.29, 0.717) is 59.6 Å². The number of hydrogen-bond donors (Lipinski definition) is 1. The van der Waals surface area contributed by atoms with Gasteiger partial charge in [0.25, 0.3) is 11.8 Å². The van der Waals surface area contributed by atoms with Crippen molar-refractivity contribution in [2.24, 2.45) is 0 Å². The number of methoxy groups -OCH3 is 2. The topological polar surface area (TPSA) is 103 Å².